The first-order valence-corrected chi connectivity index (χ1v) is 12.8. The van der Waals surface area contributed by atoms with E-state index in [1.807, 2.05) is 17.0 Å². The number of nitrogens with zero attached hydrogens (tertiary/aromatic N) is 4. The zero-order valence-corrected chi connectivity index (χ0v) is 19.8. The number of carbonyl (C=O) groups excluding carboxylic acids is 1. The van der Waals surface area contributed by atoms with Gasteiger partial charge in [0, 0.05) is 24.2 Å². The number of hydrogen-bond acceptors (Lipinski definition) is 6. The van der Waals surface area contributed by atoms with Gasteiger partial charge in [-0.2, -0.15) is 0 Å². The molecule has 0 spiro atoms. The normalized spacial score (nSPS) is 16.5. The van der Waals surface area contributed by atoms with Crippen molar-refractivity contribution in [2.75, 3.05) is 12.3 Å². The van der Waals surface area contributed by atoms with E-state index in [4.69, 9.17) is 4.98 Å². The maximum Gasteiger partial charge on any atom is 0.272 e. The zero-order chi connectivity index (χ0) is 22.9. The number of rotatable bonds is 5. The summed E-state index contributed by atoms with van der Waals surface area (Å²) < 4.78 is 15.5. The molecule has 1 aliphatic rings. The number of halogens is 1. The summed E-state index contributed by atoms with van der Waals surface area (Å²) >= 11 is 2.61. The molecule has 0 radical (unpaired) electrons. The zero-order valence-electron chi connectivity index (χ0n) is 18.2. The van der Waals surface area contributed by atoms with Gasteiger partial charge in [-0.05, 0) is 56.0 Å². The van der Waals surface area contributed by atoms with Crippen LogP contribution in [0.2, 0.25) is 0 Å². The molecule has 1 aromatic carbocycles. The quantitative estimate of drug-likeness (QED) is 0.305. The highest BCUT2D eigenvalue weighted by molar-refractivity contribution is 7.99. The minimum Gasteiger partial charge on any atom is -0.339 e. The van der Waals surface area contributed by atoms with Gasteiger partial charge in [0.15, 0.2) is 5.16 Å². The lowest BCUT2D eigenvalue weighted by Crippen LogP contribution is -2.43. The van der Waals surface area contributed by atoms with Crippen LogP contribution in [0.25, 0.3) is 20.4 Å². The Balaban J connectivity index is 1.54. The lowest BCUT2D eigenvalue weighted by atomic mass is 10.0. The first-order chi connectivity index (χ1) is 16.0. The van der Waals surface area contributed by atoms with Crippen molar-refractivity contribution >= 4 is 49.4 Å². The summed E-state index contributed by atoms with van der Waals surface area (Å²) in [7, 11) is 0. The van der Waals surface area contributed by atoms with Crippen LogP contribution in [-0.4, -0.2) is 43.7 Å². The van der Waals surface area contributed by atoms with Crippen LogP contribution in [0.4, 0.5) is 4.39 Å². The molecule has 0 aliphatic carbocycles. The summed E-state index contributed by atoms with van der Waals surface area (Å²) in [5, 5.41) is 1.32. The van der Waals surface area contributed by atoms with Gasteiger partial charge in [-0.15, -0.1) is 11.3 Å². The number of thiophene rings is 1. The van der Waals surface area contributed by atoms with E-state index in [1.165, 1.54) is 35.2 Å². The Bertz CT molecular complexity index is 1380. The van der Waals surface area contributed by atoms with Gasteiger partial charge in [0.05, 0.1) is 17.8 Å². The largest absolute Gasteiger partial charge is 0.339 e. The molecule has 0 N–H and O–H groups in total. The van der Waals surface area contributed by atoms with Gasteiger partial charge in [0.1, 0.15) is 15.3 Å². The van der Waals surface area contributed by atoms with Crippen LogP contribution in [-0.2, 0) is 11.3 Å². The standard InChI is InChI=1S/C24H23FN4O2S2/c1-15-5-2-3-12-28(15)19(30)14-32-24-27-20-18-6-4-11-26-22(18)33-21(20)23(31)29(24)13-16-7-9-17(25)10-8-16/h4,6-11,15H,2-3,5,12-14H2,1H3/t15-/m0/s1. The molecular weight excluding hydrogens is 459 g/mol. The van der Waals surface area contributed by atoms with Crippen LogP contribution in [0.5, 0.6) is 0 Å². The maximum atomic E-state index is 13.5. The summed E-state index contributed by atoms with van der Waals surface area (Å²) in [5.41, 5.74) is 1.23. The molecule has 0 unspecified atom stereocenters. The Kier molecular flexibility index (Phi) is 6.16. The third kappa shape index (κ3) is 4.39. The number of benzene rings is 1. The second-order valence-electron chi connectivity index (χ2n) is 8.27. The highest BCUT2D eigenvalue weighted by atomic mass is 32.2. The Morgan fingerprint density at radius 2 is 2.06 bits per heavy atom. The number of carbonyl (C=O) groups is 1. The summed E-state index contributed by atoms with van der Waals surface area (Å²) in [6, 6.07) is 10.0. The van der Waals surface area contributed by atoms with Crippen LogP contribution in [0, 0.1) is 5.82 Å². The van der Waals surface area contributed by atoms with Crippen molar-refractivity contribution in [2.24, 2.45) is 0 Å². The van der Waals surface area contributed by atoms with E-state index in [0.717, 1.165) is 41.6 Å². The fourth-order valence-corrected chi connectivity index (χ4v) is 6.15. The average molecular weight is 483 g/mol. The van der Waals surface area contributed by atoms with Crippen LogP contribution < -0.4 is 5.56 Å². The number of hydrogen-bond donors (Lipinski definition) is 0. The lowest BCUT2D eigenvalue weighted by molar-refractivity contribution is -0.131. The molecule has 6 nitrogen and oxygen atoms in total. The third-order valence-electron chi connectivity index (χ3n) is 6.02. The molecule has 5 rings (SSSR count). The number of aromatic nitrogens is 3. The van der Waals surface area contributed by atoms with E-state index < -0.39 is 0 Å². The van der Waals surface area contributed by atoms with Gasteiger partial charge < -0.3 is 4.90 Å². The Labute approximate surface area is 198 Å². The average Bonchev–Trinajstić information content (AvgIpc) is 3.20. The van der Waals surface area contributed by atoms with Gasteiger partial charge in [-0.1, -0.05) is 23.9 Å². The summed E-state index contributed by atoms with van der Waals surface area (Å²) in [5.74, 6) is -0.0516. The fourth-order valence-electron chi connectivity index (χ4n) is 4.24. The van der Waals surface area contributed by atoms with E-state index in [2.05, 4.69) is 11.9 Å². The van der Waals surface area contributed by atoms with Crippen molar-refractivity contribution in [3.8, 4) is 0 Å². The fraction of sp³-hybridized carbons (Fsp3) is 0.333. The molecule has 9 heteroatoms. The Hall–Kier alpha value is -2.78. The number of piperidine rings is 1. The monoisotopic (exact) mass is 482 g/mol. The topological polar surface area (TPSA) is 68.1 Å². The molecule has 33 heavy (non-hydrogen) atoms. The van der Waals surface area contributed by atoms with Crippen molar-refractivity contribution in [2.45, 2.75) is 43.9 Å². The minimum absolute atomic E-state index is 0.0618. The Morgan fingerprint density at radius 1 is 1.24 bits per heavy atom. The first-order valence-electron chi connectivity index (χ1n) is 11.0. The van der Waals surface area contributed by atoms with E-state index in [-0.39, 0.29) is 35.6 Å². The van der Waals surface area contributed by atoms with E-state index in [1.54, 1.807) is 22.9 Å². The minimum atomic E-state index is -0.328. The first kappa shape index (κ1) is 22.0. The molecule has 1 atom stereocenters. The maximum absolute atomic E-state index is 13.5. The van der Waals surface area contributed by atoms with Gasteiger partial charge in [0.25, 0.3) is 5.56 Å². The summed E-state index contributed by atoms with van der Waals surface area (Å²) in [6.07, 6.45) is 4.88. The van der Waals surface area contributed by atoms with Gasteiger partial charge in [-0.3, -0.25) is 14.2 Å². The van der Waals surface area contributed by atoms with Crippen molar-refractivity contribution < 1.29 is 9.18 Å². The molecule has 170 valence electrons. The van der Waals surface area contributed by atoms with Crippen molar-refractivity contribution in [1.82, 2.24) is 19.4 Å². The third-order valence-corrected chi connectivity index (χ3v) is 8.07. The van der Waals surface area contributed by atoms with Gasteiger partial charge in [0.2, 0.25) is 5.91 Å². The van der Waals surface area contributed by atoms with Crippen LogP contribution in [0.1, 0.15) is 31.7 Å². The van der Waals surface area contributed by atoms with Gasteiger partial charge >= 0.3 is 0 Å². The number of pyridine rings is 1. The molecule has 3 aromatic heterocycles. The molecule has 1 amide bonds. The molecule has 1 aliphatic heterocycles. The van der Waals surface area contributed by atoms with Crippen LogP contribution in [0.15, 0.2) is 52.5 Å². The smallest absolute Gasteiger partial charge is 0.272 e. The van der Waals surface area contributed by atoms with Crippen molar-refractivity contribution in [3.63, 3.8) is 0 Å². The highest BCUT2D eigenvalue weighted by Crippen LogP contribution is 2.31. The van der Waals surface area contributed by atoms with Crippen LogP contribution >= 0.6 is 23.1 Å². The molecular formula is C24H23FN4O2S2. The van der Waals surface area contributed by atoms with Crippen molar-refractivity contribution in [1.29, 1.82) is 0 Å². The number of amides is 1. The molecule has 0 saturated carbocycles. The van der Waals surface area contributed by atoms with Crippen molar-refractivity contribution in [3.05, 3.63) is 64.3 Å². The number of thioether (sulfide) groups is 1. The van der Waals surface area contributed by atoms with E-state index >= 15 is 0 Å². The molecule has 4 heterocycles. The van der Waals surface area contributed by atoms with Crippen LogP contribution in [0.3, 0.4) is 0 Å². The number of likely N-dealkylation sites (tertiary alicyclic amines) is 1. The highest BCUT2D eigenvalue weighted by Gasteiger charge is 2.24. The lowest BCUT2D eigenvalue weighted by Gasteiger charge is -2.33. The predicted octanol–water partition coefficient (Wildman–Crippen LogP) is 4.69. The Morgan fingerprint density at radius 3 is 2.85 bits per heavy atom. The molecule has 0 bridgehead atoms. The van der Waals surface area contributed by atoms with Gasteiger partial charge in [-0.25, -0.2) is 14.4 Å². The second kappa shape index (κ2) is 9.23. The predicted molar refractivity (Wildman–Crippen MR) is 130 cm³/mol. The summed E-state index contributed by atoms with van der Waals surface area (Å²) in [4.78, 5) is 38.3. The summed E-state index contributed by atoms with van der Waals surface area (Å²) in [6.45, 7) is 3.11. The second-order valence-corrected chi connectivity index (χ2v) is 10.2. The molecule has 4 aromatic rings. The van der Waals surface area contributed by atoms with E-state index in [0.29, 0.717) is 15.4 Å². The van der Waals surface area contributed by atoms with E-state index in [9.17, 15) is 14.0 Å². The molecule has 1 saturated heterocycles. The SMILES string of the molecule is C[C@H]1CCCCN1C(=O)CSc1nc2c(sc3ncccc32)c(=O)n1Cc1ccc(F)cc1. The molecule has 1 fully saturated rings. The number of fused-ring (bicyclic) bond motifs is 3.